The zero-order valence-electron chi connectivity index (χ0n) is 16.0. The van der Waals surface area contributed by atoms with Crippen molar-refractivity contribution in [3.63, 3.8) is 0 Å². The Bertz CT molecular complexity index is 1330. The van der Waals surface area contributed by atoms with E-state index >= 15 is 0 Å². The van der Waals surface area contributed by atoms with Gasteiger partial charge >= 0.3 is 0 Å². The number of hydrogen-bond donors (Lipinski definition) is 2. The summed E-state index contributed by atoms with van der Waals surface area (Å²) in [6.07, 6.45) is 0.0750. The SMILES string of the molecule is O=C(Nc1ccccc1F)C(Cc1ccccc1)NS(=O)(=O)c1cccc2nsnc12. The number of fused-ring (bicyclic) bond motifs is 1. The second kappa shape index (κ2) is 8.88. The molecule has 7 nitrogen and oxygen atoms in total. The summed E-state index contributed by atoms with van der Waals surface area (Å²) in [5, 5.41) is 2.47. The fraction of sp³-hybridized carbons (Fsp3) is 0.0952. The van der Waals surface area contributed by atoms with Crippen LogP contribution < -0.4 is 10.0 Å². The van der Waals surface area contributed by atoms with E-state index in [4.69, 9.17) is 0 Å². The minimum absolute atomic E-state index is 0.0319. The van der Waals surface area contributed by atoms with Crippen molar-refractivity contribution in [1.82, 2.24) is 13.5 Å². The van der Waals surface area contributed by atoms with Gasteiger partial charge in [0.25, 0.3) is 0 Å². The zero-order valence-corrected chi connectivity index (χ0v) is 17.7. The second-order valence-electron chi connectivity index (χ2n) is 6.72. The topological polar surface area (TPSA) is 101 Å². The molecule has 31 heavy (non-hydrogen) atoms. The lowest BCUT2D eigenvalue weighted by Crippen LogP contribution is -2.45. The van der Waals surface area contributed by atoms with Crippen molar-refractivity contribution in [2.75, 3.05) is 5.32 Å². The van der Waals surface area contributed by atoms with Gasteiger partial charge in [0.15, 0.2) is 0 Å². The van der Waals surface area contributed by atoms with Crippen LogP contribution in [-0.2, 0) is 21.2 Å². The highest BCUT2D eigenvalue weighted by atomic mass is 32.2. The van der Waals surface area contributed by atoms with Crippen molar-refractivity contribution >= 4 is 44.4 Å². The Morgan fingerprint density at radius 2 is 1.71 bits per heavy atom. The summed E-state index contributed by atoms with van der Waals surface area (Å²) in [6.45, 7) is 0. The maximum absolute atomic E-state index is 14.0. The highest BCUT2D eigenvalue weighted by molar-refractivity contribution is 7.89. The van der Waals surface area contributed by atoms with E-state index in [0.717, 1.165) is 17.3 Å². The Morgan fingerprint density at radius 3 is 2.48 bits per heavy atom. The van der Waals surface area contributed by atoms with Crippen LogP contribution in [0.25, 0.3) is 11.0 Å². The number of nitrogens with zero attached hydrogens (tertiary/aromatic N) is 2. The van der Waals surface area contributed by atoms with Gasteiger partial charge in [-0.2, -0.15) is 13.5 Å². The van der Waals surface area contributed by atoms with Crippen molar-refractivity contribution < 1.29 is 17.6 Å². The molecule has 0 saturated heterocycles. The third-order valence-corrected chi connectivity index (χ3v) is 6.61. The predicted octanol–water partition coefficient (Wildman–Crippen LogP) is 3.36. The first-order valence-electron chi connectivity index (χ1n) is 9.27. The molecule has 0 fully saturated rings. The molecule has 0 radical (unpaired) electrons. The van der Waals surface area contributed by atoms with Crippen LogP contribution in [-0.4, -0.2) is 29.1 Å². The number of benzene rings is 3. The number of sulfonamides is 1. The largest absolute Gasteiger partial charge is 0.322 e. The minimum atomic E-state index is -4.12. The number of halogens is 1. The lowest BCUT2D eigenvalue weighted by atomic mass is 10.1. The summed E-state index contributed by atoms with van der Waals surface area (Å²) in [6, 6.07) is 18.1. The molecule has 4 rings (SSSR count). The highest BCUT2D eigenvalue weighted by Crippen LogP contribution is 2.22. The van der Waals surface area contributed by atoms with E-state index in [1.54, 1.807) is 42.5 Å². The molecule has 0 aliphatic heterocycles. The van der Waals surface area contributed by atoms with E-state index in [2.05, 4.69) is 18.8 Å². The Morgan fingerprint density at radius 1 is 0.968 bits per heavy atom. The van der Waals surface area contributed by atoms with Crippen molar-refractivity contribution in [1.29, 1.82) is 0 Å². The summed E-state index contributed by atoms with van der Waals surface area (Å²) < 4.78 is 50.9. The predicted molar refractivity (Wildman–Crippen MR) is 117 cm³/mol. The first-order chi connectivity index (χ1) is 14.9. The molecule has 1 heterocycles. The third kappa shape index (κ3) is 4.76. The third-order valence-electron chi connectivity index (χ3n) is 4.57. The molecule has 1 aromatic heterocycles. The number of aromatic nitrogens is 2. The van der Waals surface area contributed by atoms with Crippen LogP contribution >= 0.6 is 11.7 Å². The number of anilines is 1. The molecule has 0 saturated carbocycles. The summed E-state index contributed by atoms with van der Waals surface area (Å²) in [5.41, 5.74) is 1.39. The van der Waals surface area contributed by atoms with Gasteiger partial charge < -0.3 is 5.32 Å². The van der Waals surface area contributed by atoms with E-state index in [0.29, 0.717) is 5.52 Å². The van der Waals surface area contributed by atoms with Crippen molar-refractivity contribution in [2.45, 2.75) is 17.4 Å². The van der Waals surface area contributed by atoms with E-state index in [-0.39, 0.29) is 22.5 Å². The summed E-state index contributed by atoms with van der Waals surface area (Å²) in [4.78, 5) is 12.9. The van der Waals surface area contributed by atoms with Gasteiger partial charge in [0, 0.05) is 0 Å². The quantitative estimate of drug-likeness (QED) is 0.444. The average Bonchev–Trinajstić information content (AvgIpc) is 3.24. The zero-order chi connectivity index (χ0) is 21.8. The van der Waals surface area contributed by atoms with Gasteiger partial charge in [-0.1, -0.05) is 48.5 Å². The molecule has 1 atom stereocenters. The summed E-state index contributed by atoms with van der Waals surface area (Å²) in [5.74, 6) is -1.29. The van der Waals surface area contributed by atoms with E-state index in [9.17, 15) is 17.6 Å². The van der Waals surface area contributed by atoms with Gasteiger partial charge in [0.2, 0.25) is 15.9 Å². The summed E-state index contributed by atoms with van der Waals surface area (Å²) >= 11 is 0.901. The molecular formula is C21H17FN4O3S2. The first-order valence-corrected chi connectivity index (χ1v) is 11.5. The highest BCUT2D eigenvalue weighted by Gasteiger charge is 2.28. The molecule has 1 amide bonds. The monoisotopic (exact) mass is 456 g/mol. The van der Waals surface area contributed by atoms with Gasteiger partial charge in [-0.15, -0.1) is 0 Å². The lowest BCUT2D eigenvalue weighted by molar-refractivity contribution is -0.117. The fourth-order valence-electron chi connectivity index (χ4n) is 3.07. The molecule has 3 aromatic carbocycles. The van der Waals surface area contributed by atoms with Crippen LogP contribution in [0.2, 0.25) is 0 Å². The minimum Gasteiger partial charge on any atom is -0.322 e. The number of hydrogen-bond acceptors (Lipinski definition) is 6. The molecule has 0 bridgehead atoms. The molecule has 158 valence electrons. The number of rotatable bonds is 7. The molecule has 1 unspecified atom stereocenters. The normalized spacial score (nSPS) is 12.5. The lowest BCUT2D eigenvalue weighted by Gasteiger charge is -2.19. The Balaban J connectivity index is 1.66. The van der Waals surface area contributed by atoms with Gasteiger partial charge in [0.1, 0.15) is 27.8 Å². The number of carbonyl (C=O) groups is 1. The molecule has 0 aliphatic rings. The fourth-order valence-corrected chi connectivity index (χ4v) is 5.03. The molecule has 2 N–H and O–H groups in total. The molecular weight excluding hydrogens is 439 g/mol. The van der Waals surface area contributed by atoms with Crippen LogP contribution in [0.4, 0.5) is 10.1 Å². The van der Waals surface area contributed by atoms with Gasteiger partial charge in [-0.05, 0) is 36.2 Å². The number of para-hydroxylation sites is 1. The molecule has 10 heteroatoms. The summed E-state index contributed by atoms with van der Waals surface area (Å²) in [7, 11) is -4.12. The average molecular weight is 457 g/mol. The van der Waals surface area contributed by atoms with E-state index < -0.39 is 27.8 Å². The number of nitrogens with one attached hydrogen (secondary N) is 2. The van der Waals surface area contributed by atoms with Crippen LogP contribution in [0, 0.1) is 5.82 Å². The van der Waals surface area contributed by atoms with Crippen molar-refractivity contribution in [3.8, 4) is 0 Å². The molecule has 4 aromatic rings. The Hall–Kier alpha value is -3.21. The molecule has 0 aliphatic carbocycles. The Labute approximate surface area is 182 Å². The first kappa shape index (κ1) is 21.0. The van der Waals surface area contributed by atoms with Crippen LogP contribution in [0.5, 0.6) is 0 Å². The van der Waals surface area contributed by atoms with Gasteiger partial charge in [-0.25, -0.2) is 12.8 Å². The van der Waals surface area contributed by atoms with Crippen LogP contribution in [0.1, 0.15) is 5.56 Å². The number of carbonyl (C=O) groups excluding carboxylic acids is 1. The maximum atomic E-state index is 14.0. The van der Waals surface area contributed by atoms with Gasteiger partial charge in [-0.3, -0.25) is 4.79 Å². The van der Waals surface area contributed by atoms with Crippen LogP contribution in [0.3, 0.4) is 0 Å². The standard InChI is InChI=1S/C21H17FN4O3S2/c22-15-9-4-5-10-16(15)23-21(27)18(13-14-7-2-1-3-8-14)26-31(28,29)19-12-6-11-17-20(19)25-30-24-17/h1-12,18,26H,13H2,(H,23,27). The smallest absolute Gasteiger partial charge is 0.243 e. The van der Waals surface area contributed by atoms with E-state index in [1.807, 2.05) is 6.07 Å². The molecule has 0 spiro atoms. The number of amides is 1. The van der Waals surface area contributed by atoms with Gasteiger partial charge in [0.05, 0.1) is 17.4 Å². The maximum Gasteiger partial charge on any atom is 0.243 e. The van der Waals surface area contributed by atoms with Crippen LogP contribution in [0.15, 0.2) is 77.7 Å². The van der Waals surface area contributed by atoms with Crippen molar-refractivity contribution in [2.24, 2.45) is 0 Å². The second-order valence-corrected chi connectivity index (χ2v) is 8.93. The van der Waals surface area contributed by atoms with E-state index in [1.165, 1.54) is 24.3 Å². The van der Waals surface area contributed by atoms with Crippen molar-refractivity contribution in [3.05, 3.63) is 84.2 Å². The Kier molecular flexibility index (Phi) is 6.03.